The van der Waals surface area contributed by atoms with Crippen LogP contribution in [0.1, 0.15) is 25.7 Å². The fourth-order valence-electron chi connectivity index (χ4n) is 3.92. The molecular weight excluding hydrogens is 356 g/mol. The first-order valence-electron chi connectivity index (χ1n) is 8.93. The van der Waals surface area contributed by atoms with Gasteiger partial charge in [0.25, 0.3) is 0 Å². The first kappa shape index (κ1) is 17.3. The SMILES string of the molecule is O=C1CCCN1C[C@H]1CCCN(S(=O)(=O)c2ccc3[nH]c(=O)[nH]c3c2)C1. The van der Waals surface area contributed by atoms with Crippen molar-refractivity contribution in [2.24, 2.45) is 5.92 Å². The number of benzene rings is 1. The highest BCUT2D eigenvalue weighted by Gasteiger charge is 2.32. The lowest BCUT2D eigenvalue weighted by molar-refractivity contribution is -0.128. The molecule has 1 aromatic heterocycles. The minimum Gasteiger partial charge on any atom is -0.342 e. The van der Waals surface area contributed by atoms with Gasteiger partial charge in [0.05, 0.1) is 15.9 Å². The zero-order valence-electron chi connectivity index (χ0n) is 14.4. The lowest BCUT2D eigenvalue weighted by Crippen LogP contribution is -2.44. The number of amides is 1. The third-order valence-electron chi connectivity index (χ3n) is 5.26. The molecule has 9 heteroatoms. The molecule has 2 aromatic rings. The van der Waals surface area contributed by atoms with Gasteiger partial charge in [-0.25, -0.2) is 13.2 Å². The standard InChI is InChI=1S/C17H22N4O4S/c22-16-4-2-7-20(16)10-12-3-1-8-21(11-12)26(24,25)13-5-6-14-15(9-13)19-17(23)18-14/h5-6,9,12H,1-4,7-8,10-11H2,(H2,18,19,23)/t12-/m1/s1. The highest BCUT2D eigenvalue weighted by atomic mass is 32.2. The van der Waals surface area contributed by atoms with Crippen molar-refractivity contribution in [2.45, 2.75) is 30.6 Å². The van der Waals surface area contributed by atoms with Gasteiger partial charge in [-0.15, -0.1) is 0 Å². The van der Waals surface area contributed by atoms with Gasteiger partial charge in [0, 0.05) is 32.6 Å². The van der Waals surface area contributed by atoms with E-state index in [2.05, 4.69) is 9.97 Å². The summed E-state index contributed by atoms with van der Waals surface area (Å²) >= 11 is 0. The maximum Gasteiger partial charge on any atom is 0.323 e. The Bertz CT molecular complexity index is 994. The number of H-pyrrole nitrogens is 2. The third kappa shape index (κ3) is 3.16. The van der Waals surface area contributed by atoms with Crippen molar-refractivity contribution in [1.82, 2.24) is 19.2 Å². The second kappa shape index (κ2) is 6.55. The van der Waals surface area contributed by atoms with Crippen molar-refractivity contribution in [3.8, 4) is 0 Å². The Morgan fingerprint density at radius 1 is 1.08 bits per heavy atom. The first-order valence-corrected chi connectivity index (χ1v) is 10.4. The number of imidazole rings is 1. The monoisotopic (exact) mass is 378 g/mol. The topological polar surface area (TPSA) is 106 Å². The number of carbonyl (C=O) groups is 1. The van der Waals surface area contributed by atoms with Crippen molar-refractivity contribution in [3.05, 3.63) is 28.7 Å². The predicted molar refractivity (Wildman–Crippen MR) is 96.2 cm³/mol. The highest BCUT2D eigenvalue weighted by Crippen LogP contribution is 2.26. The van der Waals surface area contributed by atoms with Crippen LogP contribution < -0.4 is 5.69 Å². The number of carbonyl (C=O) groups excluding carboxylic acids is 1. The van der Waals surface area contributed by atoms with Gasteiger partial charge in [0.2, 0.25) is 15.9 Å². The van der Waals surface area contributed by atoms with Gasteiger partial charge in [-0.2, -0.15) is 4.31 Å². The molecule has 1 atom stereocenters. The molecule has 0 aliphatic carbocycles. The summed E-state index contributed by atoms with van der Waals surface area (Å²) in [6, 6.07) is 4.62. The lowest BCUT2D eigenvalue weighted by Gasteiger charge is -2.34. The summed E-state index contributed by atoms with van der Waals surface area (Å²) in [5.41, 5.74) is 0.702. The molecular formula is C17H22N4O4S. The van der Waals surface area contributed by atoms with Gasteiger partial charge in [-0.1, -0.05) is 0 Å². The zero-order chi connectivity index (χ0) is 18.3. The van der Waals surface area contributed by atoms with Gasteiger partial charge in [0.15, 0.2) is 0 Å². The number of likely N-dealkylation sites (tertiary alicyclic amines) is 1. The van der Waals surface area contributed by atoms with Crippen LogP contribution in [0.25, 0.3) is 11.0 Å². The lowest BCUT2D eigenvalue weighted by atomic mass is 9.99. The third-order valence-corrected chi connectivity index (χ3v) is 7.12. The molecule has 0 bridgehead atoms. The summed E-state index contributed by atoms with van der Waals surface area (Å²) in [5.74, 6) is 0.336. The van der Waals surface area contributed by atoms with E-state index in [4.69, 9.17) is 0 Å². The van der Waals surface area contributed by atoms with E-state index < -0.39 is 10.0 Å². The van der Waals surface area contributed by atoms with Crippen LogP contribution in [0.2, 0.25) is 0 Å². The highest BCUT2D eigenvalue weighted by molar-refractivity contribution is 7.89. The van der Waals surface area contributed by atoms with Gasteiger partial charge >= 0.3 is 5.69 Å². The van der Waals surface area contributed by atoms with Crippen LogP contribution in [-0.2, 0) is 14.8 Å². The maximum absolute atomic E-state index is 13.0. The quantitative estimate of drug-likeness (QED) is 0.823. The second-order valence-corrected chi connectivity index (χ2v) is 9.04. The number of aromatic nitrogens is 2. The van der Waals surface area contributed by atoms with Gasteiger partial charge in [-0.3, -0.25) is 4.79 Å². The Kier molecular flexibility index (Phi) is 4.36. The molecule has 8 nitrogen and oxygen atoms in total. The summed E-state index contributed by atoms with van der Waals surface area (Å²) in [4.78, 5) is 30.5. The number of nitrogens with zero attached hydrogens (tertiary/aromatic N) is 2. The van der Waals surface area contributed by atoms with Crippen molar-refractivity contribution in [2.75, 3.05) is 26.2 Å². The Labute approximate surface area is 151 Å². The molecule has 0 spiro atoms. The van der Waals surface area contributed by atoms with Crippen LogP contribution >= 0.6 is 0 Å². The van der Waals surface area contributed by atoms with E-state index >= 15 is 0 Å². The number of nitrogens with one attached hydrogen (secondary N) is 2. The van der Waals surface area contributed by atoms with Crippen LogP contribution in [0.3, 0.4) is 0 Å². The number of rotatable bonds is 4. The van der Waals surface area contributed by atoms with E-state index in [0.29, 0.717) is 37.1 Å². The summed E-state index contributed by atoms with van der Waals surface area (Å²) in [5, 5.41) is 0. The maximum atomic E-state index is 13.0. The molecule has 0 unspecified atom stereocenters. The molecule has 2 saturated heterocycles. The minimum atomic E-state index is -3.63. The number of hydrogen-bond donors (Lipinski definition) is 2. The van der Waals surface area contributed by atoms with Crippen LogP contribution in [0.15, 0.2) is 27.9 Å². The average Bonchev–Trinajstić information content (AvgIpc) is 3.19. The predicted octanol–water partition coefficient (Wildman–Crippen LogP) is 0.879. The van der Waals surface area contributed by atoms with Gasteiger partial charge < -0.3 is 14.9 Å². The average molecular weight is 378 g/mol. The second-order valence-electron chi connectivity index (χ2n) is 7.10. The largest absolute Gasteiger partial charge is 0.342 e. The molecule has 1 aromatic carbocycles. The molecule has 4 rings (SSSR count). The fourth-order valence-corrected chi connectivity index (χ4v) is 5.51. The van der Waals surface area contributed by atoms with E-state index in [1.807, 2.05) is 4.90 Å². The van der Waals surface area contributed by atoms with Crippen molar-refractivity contribution in [3.63, 3.8) is 0 Å². The molecule has 140 valence electrons. The normalized spacial score (nSPS) is 22.4. The van der Waals surface area contributed by atoms with Crippen LogP contribution in [-0.4, -0.2) is 59.7 Å². The number of aromatic amines is 2. The Hall–Kier alpha value is -2.13. The molecule has 2 aliphatic rings. The van der Waals surface area contributed by atoms with Crippen molar-refractivity contribution >= 4 is 27.0 Å². The van der Waals surface area contributed by atoms with E-state index in [0.717, 1.165) is 25.8 Å². The minimum absolute atomic E-state index is 0.163. The van der Waals surface area contributed by atoms with Crippen molar-refractivity contribution < 1.29 is 13.2 Å². The van der Waals surface area contributed by atoms with E-state index in [1.165, 1.54) is 16.4 Å². The van der Waals surface area contributed by atoms with Crippen LogP contribution in [0.5, 0.6) is 0 Å². The molecule has 3 heterocycles. The molecule has 2 aliphatic heterocycles. The Morgan fingerprint density at radius 3 is 2.65 bits per heavy atom. The fraction of sp³-hybridized carbons (Fsp3) is 0.529. The smallest absolute Gasteiger partial charge is 0.323 e. The van der Waals surface area contributed by atoms with Crippen LogP contribution in [0, 0.1) is 5.92 Å². The number of sulfonamides is 1. The molecule has 0 saturated carbocycles. The van der Waals surface area contributed by atoms with E-state index in [1.54, 1.807) is 6.07 Å². The zero-order valence-corrected chi connectivity index (χ0v) is 15.2. The summed E-state index contributed by atoms with van der Waals surface area (Å²) in [6.45, 7) is 2.32. The molecule has 1 amide bonds. The molecule has 26 heavy (non-hydrogen) atoms. The molecule has 0 radical (unpaired) electrons. The summed E-state index contributed by atoms with van der Waals surface area (Å²) < 4.78 is 27.6. The summed E-state index contributed by atoms with van der Waals surface area (Å²) in [7, 11) is -3.63. The van der Waals surface area contributed by atoms with Crippen molar-refractivity contribution in [1.29, 1.82) is 0 Å². The Morgan fingerprint density at radius 2 is 1.88 bits per heavy atom. The van der Waals surface area contributed by atoms with E-state index in [-0.39, 0.29) is 22.4 Å². The summed E-state index contributed by atoms with van der Waals surface area (Å²) in [6.07, 6.45) is 3.21. The first-order chi connectivity index (χ1) is 12.4. The number of piperidine rings is 1. The van der Waals surface area contributed by atoms with E-state index in [9.17, 15) is 18.0 Å². The number of hydrogen-bond acceptors (Lipinski definition) is 4. The molecule has 2 fully saturated rings. The van der Waals surface area contributed by atoms with Crippen LogP contribution in [0.4, 0.5) is 0 Å². The van der Waals surface area contributed by atoms with Gasteiger partial charge in [-0.05, 0) is 43.4 Å². The number of fused-ring (bicyclic) bond motifs is 1. The van der Waals surface area contributed by atoms with Gasteiger partial charge in [0.1, 0.15) is 0 Å². The Balaban J connectivity index is 1.54. The molecule has 2 N–H and O–H groups in total.